The number of hydrogen-bond acceptors (Lipinski definition) is 13. The predicted molar refractivity (Wildman–Crippen MR) is 244 cm³/mol. The molecule has 68 heavy (non-hydrogen) atoms. The van der Waals surface area contributed by atoms with Crippen LogP contribution in [0.2, 0.25) is 0 Å². The van der Waals surface area contributed by atoms with Gasteiger partial charge in [-0.15, -0.1) is 0 Å². The second-order valence-electron chi connectivity index (χ2n) is 16.6. The summed E-state index contributed by atoms with van der Waals surface area (Å²) in [5, 5.41) is 49.5. The van der Waals surface area contributed by atoms with E-state index in [0.717, 1.165) is 6.92 Å². The van der Waals surface area contributed by atoms with Crippen molar-refractivity contribution in [3.63, 3.8) is 0 Å². The molecular weight excluding hydrogens is 893 g/mol. The molecule has 2 aromatic rings. The molecule has 1 saturated heterocycles. The van der Waals surface area contributed by atoms with Crippen LogP contribution >= 0.6 is 0 Å². The summed E-state index contributed by atoms with van der Waals surface area (Å²) in [6.07, 6.45) is 3.14. The monoisotopic (exact) mass is 958 g/mol. The molecule has 1 fully saturated rings. The van der Waals surface area contributed by atoms with Gasteiger partial charge in [-0.1, -0.05) is 46.2 Å². The van der Waals surface area contributed by atoms with Gasteiger partial charge in [-0.05, 0) is 55.2 Å². The lowest BCUT2D eigenvalue weighted by Gasteiger charge is -2.31. The number of benzene rings is 1. The SMILES string of the molecule is CC(=O)O.CC[C@H](C)[C@H](NC(=O)[C@H](Cc1ccc(O)cc1)NC(=O)[C@@H](NC(=O)[C@H](CCCN=C(N)N)NC(=O)[C@@H](N)CC(=O)O)C(C)C)C(=O)N[C@@H](Cc1cnc[nH]1)C(=O)N1CCC[C@H]1C(=O)O. The number of carboxylic acids is 3. The molecule has 16 N–H and O–H groups in total. The third kappa shape index (κ3) is 19.3. The number of aromatic hydroxyl groups is 1. The van der Waals surface area contributed by atoms with E-state index >= 15 is 0 Å². The number of aliphatic carboxylic acids is 3. The molecule has 0 spiro atoms. The molecule has 1 aliphatic heterocycles. The van der Waals surface area contributed by atoms with Crippen LogP contribution < -0.4 is 43.8 Å². The fraction of sp³-hybridized carbons (Fsp3) is 0.558. The Kier molecular flexibility index (Phi) is 23.4. The highest BCUT2D eigenvalue weighted by Gasteiger charge is 2.40. The van der Waals surface area contributed by atoms with Gasteiger partial charge in [0, 0.05) is 44.7 Å². The molecule has 25 nitrogen and oxygen atoms in total. The van der Waals surface area contributed by atoms with Crippen LogP contribution in [0.5, 0.6) is 5.75 Å². The van der Waals surface area contributed by atoms with Crippen LogP contribution in [0.3, 0.4) is 0 Å². The van der Waals surface area contributed by atoms with Crippen molar-refractivity contribution >= 4 is 59.3 Å². The maximum atomic E-state index is 14.3. The third-order valence-electron chi connectivity index (χ3n) is 10.8. The maximum absolute atomic E-state index is 14.3. The van der Waals surface area contributed by atoms with Crippen molar-refractivity contribution in [3.8, 4) is 5.75 Å². The molecular formula is C43H66N12O13. The minimum Gasteiger partial charge on any atom is -0.508 e. The van der Waals surface area contributed by atoms with Crippen molar-refractivity contribution in [2.45, 2.75) is 128 Å². The molecule has 1 aliphatic rings. The van der Waals surface area contributed by atoms with Gasteiger partial charge in [0.05, 0.1) is 18.8 Å². The lowest BCUT2D eigenvalue weighted by Crippen LogP contribution is -2.62. The van der Waals surface area contributed by atoms with Crippen LogP contribution in [0.4, 0.5) is 0 Å². The molecule has 6 amide bonds. The number of aromatic nitrogens is 2. The second-order valence-corrected chi connectivity index (χ2v) is 16.6. The van der Waals surface area contributed by atoms with Crippen molar-refractivity contribution in [1.82, 2.24) is 41.5 Å². The fourth-order valence-corrected chi connectivity index (χ4v) is 6.98. The van der Waals surface area contributed by atoms with Gasteiger partial charge in [0.15, 0.2) is 5.96 Å². The minimum atomic E-state index is -1.49. The Balaban J connectivity index is 0.00000381. The van der Waals surface area contributed by atoms with E-state index in [4.69, 9.17) is 32.2 Å². The van der Waals surface area contributed by atoms with Crippen molar-refractivity contribution < 1.29 is 63.6 Å². The summed E-state index contributed by atoms with van der Waals surface area (Å²) < 4.78 is 0. The molecule has 2 heterocycles. The van der Waals surface area contributed by atoms with Crippen LogP contribution in [0, 0.1) is 11.8 Å². The van der Waals surface area contributed by atoms with Crippen LogP contribution in [0.15, 0.2) is 41.8 Å². The van der Waals surface area contributed by atoms with E-state index in [2.05, 4.69) is 41.5 Å². The number of nitrogens with zero attached hydrogens (tertiary/aromatic N) is 3. The molecule has 1 aromatic carbocycles. The number of phenols is 1. The standard InChI is InChI=1S/C41H62N12O11.C2H4O2/c1-5-22(4)33(38(61)50-29(17-24-19-45-20-47-24)39(62)53-15-7-9-30(53)40(63)64)52-36(59)28(16-23-10-12-25(54)13-11-23)49-37(60)32(21(2)3)51-35(58)27(8-6-14-46-41(43)44)48-34(57)26(42)18-31(55)56;1-2(3)4/h10-13,19-22,26-30,32-33,54H,5-9,14-18,42H2,1-4H3,(H,45,47)(H,48,57)(H,49,60)(H,50,61)(H,51,58)(H,52,59)(H,55,56)(H,63,64)(H4,43,44,46);1H3,(H,3,4)/t22-,26-,27-,28-,29-,30-,32-,33-;/m0./s1. The van der Waals surface area contributed by atoms with Crippen LogP contribution in [0.25, 0.3) is 0 Å². The average molecular weight is 959 g/mol. The Bertz CT molecular complexity index is 2060. The first-order valence-electron chi connectivity index (χ1n) is 22.0. The smallest absolute Gasteiger partial charge is 0.326 e. The number of aliphatic imine (C=N–C) groups is 1. The number of carboxylic acid groups (broad SMARTS) is 3. The van der Waals surface area contributed by atoms with Gasteiger partial charge < -0.3 is 74.1 Å². The first-order chi connectivity index (χ1) is 31.9. The van der Waals surface area contributed by atoms with Gasteiger partial charge in [0.25, 0.3) is 5.97 Å². The van der Waals surface area contributed by atoms with Gasteiger partial charge in [0.2, 0.25) is 35.4 Å². The molecule has 25 heteroatoms. The number of likely N-dealkylation sites (tertiary alicyclic amines) is 1. The molecule has 1 aromatic heterocycles. The molecule has 0 unspecified atom stereocenters. The molecule has 8 atom stereocenters. The number of H-pyrrole nitrogens is 1. The van der Waals surface area contributed by atoms with E-state index in [0.29, 0.717) is 24.1 Å². The van der Waals surface area contributed by atoms with Crippen molar-refractivity contribution in [3.05, 3.63) is 48.0 Å². The number of rotatable bonds is 25. The molecule has 0 aliphatic carbocycles. The largest absolute Gasteiger partial charge is 0.508 e. The number of aromatic amines is 1. The highest BCUT2D eigenvalue weighted by molar-refractivity contribution is 5.97. The fourth-order valence-electron chi connectivity index (χ4n) is 6.98. The predicted octanol–water partition coefficient (Wildman–Crippen LogP) is -1.95. The van der Waals surface area contributed by atoms with Gasteiger partial charge >= 0.3 is 11.9 Å². The molecule has 0 radical (unpaired) electrons. The molecule has 0 saturated carbocycles. The normalized spacial score (nSPS) is 16.2. The number of amides is 6. The summed E-state index contributed by atoms with van der Waals surface area (Å²) in [6, 6.07) is -3.26. The van der Waals surface area contributed by atoms with E-state index in [1.807, 2.05) is 0 Å². The molecule has 376 valence electrons. The van der Waals surface area contributed by atoms with Gasteiger partial charge in [0.1, 0.15) is 42.0 Å². The molecule has 3 rings (SSSR count). The Morgan fingerprint density at radius 2 is 1.40 bits per heavy atom. The summed E-state index contributed by atoms with van der Waals surface area (Å²) >= 11 is 0. The summed E-state index contributed by atoms with van der Waals surface area (Å²) in [5.74, 6) is -9.50. The van der Waals surface area contributed by atoms with Gasteiger partial charge in [-0.3, -0.25) is 43.3 Å². The second kappa shape index (κ2) is 28.0. The molecule has 0 bridgehead atoms. The number of nitrogens with two attached hydrogens (primary N) is 3. The first kappa shape index (κ1) is 56.8. The maximum Gasteiger partial charge on any atom is 0.326 e. The summed E-state index contributed by atoms with van der Waals surface area (Å²) in [7, 11) is 0. The highest BCUT2D eigenvalue weighted by Crippen LogP contribution is 2.20. The Morgan fingerprint density at radius 3 is 1.94 bits per heavy atom. The summed E-state index contributed by atoms with van der Waals surface area (Å²) in [6.45, 7) is 8.07. The van der Waals surface area contributed by atoms with E-state index in [-0.39, 0.29) is 56.9 Å². The third-order valence-corrected chi connectivity index (χ3v) is 10.8. The van der Waals surface area contributed by atoms with Crippen molar-refractivity contribution in [2.75, 3.05) is 13.1 Å². The van der Waals surface area contributed by atoms with E-state index in [9.17, 15) is 48.6 Å². The zero-order chi connectivity index (χ0) is 51.2. The van der Waals surface area contributed by atoms with E-state index in [1.54, 1.807) is 27.7 Å². The first-order valence-corrected chi connectivity index (χ1v) is 22.0. The quantitative estimate of drug-likeness (QED) is 0.0292. The van der Waals surface area contributed by atoms with Crippen molar-refractivity contribution in [1.29, 1.82) is 0 Å². The number of imidazole rings is 1. The zero-order valence-electron chi connectivity index (χ0n) is 38.8. The zero-order valence-corrected chi connectivity index (χ0v) is 38.8. The van der Waals surface area contributed by atoms with Gasteiger partial charge in [-0.25, -0.2) is 9.78 Å². The number of phenolic OH excluding ortho intramolecular Hbond substituents is 1. The Hall–Kier alpha value is -7.31. The number of nitrogens with one attached hydrogen (secondary N) is 6. The van der Waals surface area contributed by atoms with Crippen LogP contribution in [-0.4, -0.2) is 150 Å². The topological polar surface area (TPSA) is 417 Å². The van der Waals surface area contributed by atoms with E-state index in [1.165, 1.54) is 41.7 Å². The Morgan fingerprint density at radius 1 is 0.824 bits per heavy atom. The minimum absolute atomic E-state index is 0.0436. The van der Waals surface area contributed by atoms with E-state index < -0.39 is 114 Å². The average Bonchev–Trinajstić information content (AvgIpc) is 3.98. The van der Waals surface area contributed by atoms with Crippen LogP contribution in [0.1, 0.15) is 84.4 Å². The lowest BCUT2D eigenvalue weighted by molar-refractivity contribution is -0.149. The number of carbonyl (C=O) groups is 9. The van der Waals surface area contributed by atoms with Crippen molar-refractivity contribution in [2.24, 2.45) is 34.0 Å². The summed E-state index contributed by atoms with van der Waals surface area (Å²) in [5.41, 5.74) is 17.5. The number of guanidine groups is 1. The highest BCUT2D eigenvalue weighted by atomic mass is 16.4. The van der Waals surface area contributed by atoms with Crippen LogP contribution in [-0.2, 0) is 56.0 Å². The van der Waals surface area contributed by atoms with Gasteiger partial charge in [-0.2, -0.15) is 0 Å². The Labute approximate surface area is 392 Å². The number of hydrogen-bond donors (Lipinski definition) is 13. The lowest BCUT2D eigenvalue weighted by atomic mass is 9.96. The number of carbonyl (C=O) groups excluding carboxylic acids is 6. The summed E-state index contributed by atoms with van der Waals surface area (Å²) in [4.78, 5) is 127.